The van der Waals surface area contributed by atoms with Crippen molar-refractivity contribution < 1.29 is 13.2 Å². The number of imidazole rings is 1. The molecule has 0 saturated carbocycles. The van der Waals surface area contributed by atoms with Crippen LogP contribution >= 0.6 is 0 Å². The highest BCUT2D eigenvalue weighted by Crippen LogP contribution is 2.12. The van der Waals surface area contributed by atoms with Gasteiger partial charge in [0.15, 0.2) is 0 Å². The summed E-state index contributed by atoms with van der Waals surface area (Å²) in [5.41, 5.74) is 0. The molecule has 0 bridgehead atoms. The fourth-order valence-corrected chi connectivity index (χ4v) is 1.42. The summed E-state index contributed by atoms with van der Waals surface area (Å²) in [6, 6.07) is 0. The molecule has 0 amide bonds. The standard InChI is InChI=1S/C10H12F2N4O/c1-7-4-15-9(17-7)6-13-5-8-14-2-3-16(8)10(11)12/h2-4,10,13H,5-6H2,1H3. The summed E-state index contributed by atoms with van der Waals surface area (Å²) >= 11 is 0. The quantitative estimate of drug-likeness (QED) is 0.869. The molecular formula is C10H12F2N4O. The van der Waals surface area contributed by atoms with Crippen LogP contribution in [0.1, 0.15) is 24.0 Å². The zero-order chi connectivity index (χ0) is 12.3. The summed E-state index contributed by atoms with van der Waals surface area (Å²) in [5.74, 6) is 1.52. The third-order valence-electron chi connectivity index (χ3n) is 2.19. The van der Waals surface area contributed by atoms with E-state index < -0.39 is 6.55 Å². The molecule has 17 heavy (non-hydrogen) atoms. The lowest BCUT2D eigenvalue weighted by Gasteiger charge is -2.06. The van der Waals surface area contributed by atoms with Gasteiger partial charge in [0.2, 0.25) is 5.89 Å². The number of hydrogen-bond donors (Lipinski definition) is 1. The van der Waals surface area contributed by atoms with E-state index in [1.165, 1.54) is 12.4 Å². The van der Waals surface area contributed by atoms with Crippen molar-refractivity contribution in [2.75, 3.05) is 0 Å². The number of aryl methyl sites for hydroxylation is 1. The van der Waals surface area contributed by atoms with Crippen molar-refractivity contribution in [1.82, 2.24) is 19.9 Å². The Hall–Kier alpha value is -1.76. The van der Waals surface area contributed by atoms with E-state index in [2.05, 4.69) is 15.3 Å². The molecule has 5 nitrogen and oxygen atoms in total. The van der Waals surface area contributed by atoms with Crippen molar-refractivity contribution in [2.24, 2.45) is 0 Å². The van der Waals surface area contributed by atoms with Crippen LogP contribution in [0.3, 0.4) is 0 Å². The average Bonchev–Trinajstić information content (AvgIpc) is 2.87. The van der Waals surface area contributed by atoms with E-state index in [1.54, 1.807) is 13.1 Å². The van der Waals surface area contributed by atoms with E-state index in [0.29, 0.717) is 12.4 Å². The topological polar surface area (TPSA) is 55.9 Å². The summed E-state index contributed by atoms with van der Waals surface area (Å²) in [4.78, 5) is 7.83. The lowest BCUT2D eigenvalue weighted by atomic mass is 10.5. The van der Waals surface area contributed by atoms with Gasteiger partial charge in [-0.05, 0) is 6.92 Å². The first kappa shape index (κ1) is 11.7. The highest BCUT2D eigenvalue weighted by Gasteiger charge is 2.10. The highest BCUT2D eigenvalue weighted by molar-refractivity contribution is 4.94. The molecule has 0 aromatic carbocycles. The zero-order valence-electron chi connectivity index (χ0n) is 9.23. The van der Waals surface area contributed by atoms with E-state index >= 15 is 0 Å². The number of hydrogen-bond acceptors (Lipinski definition) is 4. The summed E-state index contributed by atoms with van der Waals surface area (Å²) in [5, 5.41) is 2.94. The summed E-state index contributed by atoms with van der Waals surface area (Å²) in [6.07, 6.45) is 4.20. The Morgan fingerprint density at radius 2 is 2.24 bits per heavy atom. The van der Waals surface area contributed by atoms with Gasteiger partial charge in [-0.15, -0.1) is 0 Å². The fraction of sp³-hybridized carbons (Fsp3) is 0.400. The molecule has 92 valence electrons. The first-order valence-electron chi connectivity index (χ1n) is 5.08. The van der Waals surface area contributed by atoms with Crippen molar-refractivity contribution in [3.05, 3.63) is 36.1 Å². The molecule has 0 unspecified atom stereocenters. The largest absolute Gasteiger partial charge is 0.445 e. The molecule has 0 radical (unpaired) electrons. The molecule has 0 aliphatic rings. The lowest BCUT2D eigenvalue weighted by molar-refractivity contribution is 0.0666. The van der Waals surface area contributed by atoms with Crippen LogP contribution in [0, 0.1) is 6.92 Å². The van der Waals surface area contributed by atoms with Gasteiger partial charge in [0.1, 0.15) is 11.6 Å². The second-order valence-corrected chi connectivity index (χ2v) is 3.50. The number of nitrogens with zero attached hydrogens (tertiary/aromatic N) is 3. The third-order valence-corrected chi connectivity index (χ3v) is 2.19. The SMILES string of the molecule is Cc1cnc(CNCc2nccn2C(F)F)o1. The van der Waals surface area contributed by atoms with Crippen molar-refractivity contribution in [3.63, 3.8) is 0 Å². The second kappa shape index (κ2) is 5.05. The predicted octanol–water partition coefficient (Wildman–Crippen LogP) is 1.86. The van der Waals surface area contributed by atoms with Gasteiger partial charge in [-0.1, -0.05) is 0 Å². The van der Waals surface area contributed by atoms with E-state index in [-0.39, 0.29) is 12.4 Å². The van der Waals surface area contributed by atoms with Crippen LogP contribution in [0.4, 0.5) is 8.78 Å². The van der Waals surface area contributed by atoms with Gasteiger partial charge in [0.25, 0.3) is 0 Å². The minimum atomic E-state index is -2.57. The molecule has 2 aromatic rings. The zero-order valence-corrected chi connectivity index (χ0v) is 9.23. The summed E-state index contributed by atoms with van der Waals surface area (Å²) < 4.78 is 31.0. The van der Waals surface area contributed by atoms with E-state index in [0.717, 1.165) is 10.3 Å². The molecule has 2 heterocycles. The first-order chi connectivity index (χ1) is 8.16. The Labute approximate surface area is 96.5 Å². The molecule has 0 fully saturated rings. The van der Waals surface area contributed by atoms with Gasteiger partial charge in [-0.3, -0.25) is 4.57 Å². The Kier molecular flexibility index (Phi) is 3.48. The average molecular weight is 242 g/mol. The lowest BCUT2D eigenvalue weighted by Crippen LogP contribution is -2.17. The molecule has 7 heteroatoms. The Balaban J connectivity index is 1.88. The molecule has 1 N–H and O–H groups in total. The van der Waals surface area contributed by atoms with Crippen LogP contribution in [0.2, 0.25) is 0 Å². The number of rotatable bonds is 5. The third kappa shape index (κ3) is 2.88. The summed E-state index contributed by atoms with van der Waals surface area (Å²) in [7, 11) is 0. The second-order valence-electron chi connectivity index (χ2n) is 3.50. The molecule has 0 spiro atoms. The number of nitrogens with one attached hydrogen (secondary N) is 1. The van der Waals surface area contributed by atoms with Gasteiger partial charge < -0.3 is 9.73 Å². The van der Waals surface area contributed by atoms with Crippen molar-refractivity contribution in [3.8, 4) is 0 Å². The maximum absolute atomic E-state index is 12.5. The van der Waals surface area contributed by atoms with Crippen LogP contribution in [-0.4, -0.2) is 14.5 Å². The number of aromatic nitrogens is 3. The van der Waals surface area contributed by atoms with Crippen LogP contribution < -0.4 is 5.32 Å². The molecule has 0 aliphatic carbocycles. The Morgan fingerprint density at radius 1 is 1.41 bits per heavy atom. The molecule has 0 aliphatic heterocycles. The first-order valence-corrected chi connectivity index (χ1v) is 5.08. The number of alkyl halides is 2. The minimum absolute atomic E-state index is 0.235. The highest BCUT2D eigenvalue weighted by atomic mass is 19.3. The van der Waals surface area contributed by atoms with Crippen molar-refractivity contribution in [2.45, 2.75) is 26.6 Å². The van der Waals surface area contributed by atoms with Gasteiger partial charge in [0.05, 0.1) is 19.3 Å². The van der Waals surface area contributed by atoms with Crippen molar-refractivity contribution in [1.29, 1.82) is 0 Å². The van der Waals surface area contributed by atoms with Crippen LogP contribution in [0.5, 0.6) is 0 Å². The van der Waals surface area contributed by atoms with Crippen LogP contribution in [-0.2, 0) is 13.1 Å². The van der Waals surface area contributed by atoms with Gasteiger partial charge in [-0.25, -0.2) is 9.97 Å². The number of halogens is 2. The van der Waals surface area contributed by atoms with Gasteiger partial charge >= 0.3 is 6.55 Å². The molecule has 2 rings (SSSR count). The summed E-state index contributed by atoms with van der Waals surface area (Å²) in [6.45, 7) is -0.166. The molecule has 0 atom stereocenters. The van der Waals surface area contributed by atoms with Crippen LogP contribution in [0.25, 0.3) is 0 Å². The maximum Gasteiger partial charge on any atom is 0.319 e. The minimum Gasteiger partial charge on any atom is -0.445 e. The van der Waals surface area contributed by atoms with E-state index in [1.807, 2.05) is 0 Å². The monoisotopic (exact) mass is 242 g/mol. The van der Waals surface area contributed by atoms with E-state index in [9.17, 15) is 8.78 Å². The van der Waals surface area contributed by atoms with Crippen LogP contribution in [0.15, 0.2) is 23.0 Å². The van der Waals surface area contributed by atoms with Crippen molar-refractivity contribution >= 4 is 0 Å². The molecule has 2 aromatic heterocycles. The normalized spacial score (nSPS) is 11.3. The molecule has 0 saturated heterocycles. The number of oxazole rings is 1. The maximum atomic E-state index is 12.5. The fourth-order valence-electron chi connectivity index (χ4n) is 1.42. The Morgan fingerprint density at radius 3 is 2.88 bits per heavy atom. The molecular weight excluding hydrogens is 230 g/mol. The predicted molar refractivity (Wildman–Crippen MR) is 55.3 cm³/mol. The van der Waals surface area contributed by atoms with Gasteiger partial charge in [-0.2, -0.15) is 8.78 Å². The smallest absolute Gasteiger partial charge is 0.319 e. The van der Waals surface area contributed by atoms with E-state index in [4.69, 9.17) is 4.42 Å². The Bertz CT molecular complexity index is 480. The van der Waals surface area contributed by atoms with Gasteiger partial charge in [0, 0.05) is 12.4 Å².